The highest BCUT2D eigenvalue weighted by Crippen LogP contribution is 2.66. The number of hydrogen-bond acceptors (Lipinski definition) is 4. The summed E-state index contributed by atoms with van der Waals surface area (Å²) < 4.78 is 4.95. The van der Waals surface area contributed by atoms with Crippen LogP contribution in [0.4, 0.5) is 5.69 Å². The first-order chi connectivity index (χ1) is 12.6. The van der Waals surface area contributed by atoms with Gasteiger partial charge in [-0.2, -0.15) is 5.10 Å². The molecule has 1 aromatic heterocycles. The zero-order chi connectivity index (χ0) is 19.8. The fourth-order valence-corrected chi connectivity index (χ4v) is 3.99. The number of carbonyl (C=O) groups excluding carboxylic acids is 2. The number of hydrogen-bond donors (Lipinski definition) is 2. The van der Waals surface area contributed by atoms with E-state index in [0.29, 0.717) is 23.6 Å². The van der Waals surface area contributed by atoms with Gasteiger partial charge in [-0.15, -0.1) is 0 Å². The summed E-state index contributed by atoms with van der Waals surface area (Å²) in [7, 11) is 0. The number of carbonyl (C=O) groups is 2. The number of alkyl halides is 2. The van der Waals surface area contributed by atoms with E-state index in [4.69, 9.17) is 4.42 Å². The van der Waals surface area contributed by atoms with Gasteiger partial charge in [0.05, 0.1) is 14.4 Å². The van der Waals surface area contributed by atoms with E-state index < -0.39 is 5.41 Å². The molecule has 1 aliphatic rings. The molecule has 2 aromatic rings. The number of aryl methyl sites for hydroxylation is 1. The van der Waals surface area contributed by atoms with E-state index in [1.807, 2.05) is 26.0 Å². The van der Waals surface area contributed by atoms with Crippen molar-refractivity contribution in [3.63, 3.8) is 0 Å². The molecule has 1 fully saturated rings. The van der Waals surface area contributed by atoms with Crippen molar-refractivity contribution in [2.45, 2.75) is 30.4 Å². The fourth-order valence-electron chi connectivity index (χ4n) is 2.51. The van der Waals surface area contributed by atoms with Gasteiger partial charge in [0.2, 0.25) is 5.91 Å². The lowest BCUT2D eigenvalue weighted by atomic mass is 10.1. The Morgan fingerprint density at radius 1 is 1.15 bits per heavy atom. The lowest BCUT2D eigenvalue weighted by Gasteiger charge is -2.11. The second-order valence-electron chi connectivity index (χ2n) is 6.79. The van der Waals surface area contributed by atoms with Gasteiger partial charge in [0, 0.05) is 5.69 Å². The lowest BCUT2D eigenvalue weighted by molar-refractivity contribution is -0.125. The van der Waals surface area contributed by atoms with Gasteiger partial charge in [0.1, 0.15) is 5.76 Å². The molecule has 1 aliphatic carbocycles. The van der Waals surface area contributed by atoms with Crippen LogP contribution in [0.15, 0.2) is 45.9 Å². The first kappa shape index (κ1) is 19.8. The van der Waals surface area contributed by atoms with Crippen molar-refractivity contribution in [3.05, 3.63) is 53.5 Å². The van der Waals surface area contributed by atoms with Crippen molar-refractivity contribution >= 4 is 55.1 Å². The molecule has 27 heavy (non-hydrogen) atoms. The van der Waals surface area contributed by atoms with E-state index in [-0.39, 0.29) is 20.8 Å². The van der Waals surface area contributed by atoms with E-state index in [1.54, 1.807) is 31.2 Å². The first-order valence-electron chi connectivity index (χ1n) is 8.33. The summed E-state index contributed by atoms with van der Waals surface area (Å²) in [6, 6.07) is 10.6. The van der Waals surface area contributed by atoms with Crippen LogP contribution in [-0.4, -0.2) is 20.8 Å². The van der Waals surface area contributed by atoms with Crippen LogP contribution in [0, 0.1) is 12.3 Å². The summed E-state index contributed by atoms with van der Waals surface area (Å²) in [5.74, 6) is 0.495. The smallest absolute Gasteiger partial charge is 0.291 e. The number of rotatable bonds is 5. The highest BCUT2D eigenvalue weighted by molar-refractivity contribution is 9.25. The molecule has 2 amide bonds. The summed E-state index contributed by atoms with van der Waals surface area (Å²) in [5, 5.41) is 6.95. The Hall–Kier alpha value is -1.93. The van der Waals surface area contributed by atoms with E-state index in [9.17, 15) is 9.59 Å². The predicted octanol–water partition coefficient (Wildman–Crippen LogP) is 4.58. The summed E-state index contributed by atoms with van der Waals surface area (Å²) in [5.41, 5.74) is 4.25. The molecule has 1 aromatic carbocycles. The third-order valence-electron chi connectivity index (χ3n) is 4.61. The fraction of sp³-hybridized carbons (Fsp3) is 0.316. The molecule has 2 N–H and O–H groups in total. The molecular formula is C19H19Br2N3O3. The summed E-state index contributed by atoms with van der Waals surface area (Å²) >= 11 is 6.95. The number of halogens is 2. The third-order valence-corrected chi connectivity index (χ3v) is 6.92. The Kier molecular flexibility index (Phi) is 5.31. The zero-order valence-corrected chi connectivity index (χ0v) is 18.3. The van der Waals surface area contributed by atoms with Gasteiger partial charge >= 0.3 is 0 Å². The van der Waals surface area contributed by atoms with Crippen molar-refractivity contribution in [1.82, 2.24) is 5.43 Å². The number of benzene rings is 1. The predicted molar refractivity (Wildman–Crippen MR) is 112 cm³/mol. The van der Waals surface area contributed by atoms with Crippen LogP contribution < -0.4 is 10.7 Å². The molecule has 1 atom stereocenters. The number of anilines is 1. The van der Waals surface area contributed by atoms with Gasteiger partial charge in [-0.1, -0.05) is 44.0 Å². The van der Waals surface area contributed by atoms with Crippen LogP contribution in [-0.2, 0) is 4.79 Å². The second-order valence-corrected chi connectivity index (χ2v) is 10.6. The quantitative estimate of drug-likeness (QED) is 0.361. The molecule has 6 nitrogen and oxygen atoms in total. The largest absolute Gasteiger partial charge is 0.456 e. The Bertz CT molecular complexity index is 919. The average molecular weight is 497 g/mol. The van der Waals surface area contributed by atoms with Crippen LogP contribution >= 0.6 is 31.9 Å². The van der Waals surface area contributed by atoms with Crippen LogP contribution in [0.3, 0.4) is 0 Å². The van der Waals surface area contributed by atoms with Gasteiger partial charge in [0.25, 0.3) is 5.91 Å². The molecular weight excluding hydrogens is 478 g/mol. The Labute approximate surface area is 174 Å². The number of amides is 2. The van der Waals surface area contributed by atoms with Crippen LogP contribution in [0.25, 0.3) is 0 Å². The van der Waals surface area contributed by atoms with E-state index in [2.05, 4.69) is 47.7 Å². The molecule has 0 radical (unpaired) electrons. The molecule has 0 aliphatic heterocycles. The Morgan fingerprint density at radius 3 is 2.30 bits per heavy atom. The summed E-state index contributed by atoms with van der Waals surface area (Å²) in [6.45, 7) is 5.46. The molecule has 8 heteroatoms. The van der Waals surface area contributed by atoms with Crippen LogP contribution in [0.2, 0.25) is 0 Å². The van der Waals surface area contributed by atoms with Gasteiger partial charge in [-0.3, -0.25) is 9.59 Å². The minimum absolute atomic E-state index is 0.145. The molecule has 142 valence electrons. The van der Waals surface area contributed by atoms with E-state index in [1.165, 1.54) is 0 Å². The standard InChI is InChI=1S/C19H19Br2N3O3/c1-11-4-9-15(27-11)16(25)22-14-7-5-13(6-8-14)12(2)23-24-17(26)18(3)10-19(18,20)21/h4-9H,10H2,1-3H3,(H,22,25)(H,24,26)/b23-12-. The molecule has 0 bridgehead atoms. The highest BCUT2D eigenvalue weighted by atomic mass is 79.9. The molecule has 1 heterocycles. The van der Waals surface area contributed by atoms with Crippen molar-refractivity contribution < 1.29 is 14.0 Å². The van der Waals surface area contributed by atoms with Crippen LogP contribution in [0.1, 0.15) is 42.1 Å². The normalized spacial score (nSPS) is 20.9. The Morgan fingerprint density at radius 2 is 1.78 bits per heavy atom. The maximum absolute atomic E-state index is 12.3. The summed E-state index contributed by atoms with van der Waals surface area (Å²) in [4.78, 5) is 24.3. The third kappa shape index (κ3) is 4.16. The minimum atomic E-state index is -0.519. The van der Waals surface area contributed by atoms with E-state index in [0.717, 1.165) is 5.56 Å². The molecule has 1 saturated carbocycles. The zero-order valence-electron chi connectivity index (χ0n) is 15.1. The first-order valence-corrected chi connectivity index (χ1v) is 9.92. The van der Waals surface area contributed by atoms with E-state index >= 15 is 0 Å². The second kappa shape index (κ2) is 7.24. The number of furan rings is 1. The monoisotopic (exact) mass is 495 g/mol. The topological polar surface area (TPSA) is 83.7 Å². The van der Waals surface area contributed by atoms with Crippen molar-refractivity contribution in [1.29, 1.82) is 0 Å². The van der Waals surface area contributed by atoms with Gasteiger partial charge in [0.15, 0.2) is 5.76 Å². The molecule has 0 saturated heterocycles. The van der Waals surface area contributed by atoms with Gasteiger partial charge < -0.3 is 9.73 Å². The highest BCUT2D eigenvalue weighted by Gasteiger charge is 2.66. The number of nitrogens with one attached hydrogen (secondary N) is 2. The Balaban J connectivity index is 1.61. The average Bonchev–Trinajstić information content (AvgIpc) is 2.94. The molecule has 1 unspecified atom stereocenters. The van der Waals surface area contributed by atoms with Gasteiger partial charge in [-0.05, 0) is 57.0 Å². The number of nitrogens with zero attached hydrogens (tertiary/aromatic N) is 1. The maximum atomic E-state index is 12.3. The summed E-state index contributed by atoms with van der Waals surface area (Å²) in [6.07, 6.45) is 0.698. The maximum Gasteiger partial charge on any atom is 0.291 e. The minimum Gasteiger partial charge on any atom is -0.456 e. The number of hydrazone groups is 1. The molecule has 0 spiro atoms. The lowest BCUT2D eigenvalue weighted by Crippen LogP contribution is -2.30. The SMILES string of the molecule is C/C(=N/NC(=O)C1(C)CC1(Br)Br)c1ccc(NC(=O)c2ccc(C)o2)cc1. The molecule has 3 rings (SSSR count). The van der Waals surface area contributed by atoms with Crippen molar-refractivity contribution in [2.24, 2.45) is 10.5 Å². The van der Waals surface area contributed by atoms with Crippen molar-refractivity contribution in [2.75, 3.05) is 5.32 Å². The van der Waals surface area contributed by atoms with Crippen molar-refractivity contribution in [3.8, 4) is 0 Å². The van der Waals surface area contributed by atoms with Gasteiger partial charge in [-0.25, -0.2) is 5.43 Å². The van der Waals surface area contributed by atoms with Crippen LogP contribution in [0.5, 0.6) is 0 Å².